The number of carbonyl (C=O) groups excluding carboxylic acids is 3. The average molecular weight is 1310 g/mol. The number of benzene rings is 3. The number of halogens is 3. The number of pyridine rings is 3. The molecular weight excluding hydrogens is 1250 g/mol. The predicted molar refractivity (Wildman–Crippen MR) is 342 cm³/mol. The van der Waals surface area contributed by atoms with Gasteiger partial charge in [-0.05, 0) is 183 Å². The van der Waals surface area contributed by atoms with Crippen molar-refractivity contribution in [2.24, 2.45) is 14.1 Å². The molecular formula is C66H60Br2ClN15O3. The van der Waals surface area contributed by atoms with E-state index < -0.39 is 0 Å². The first-order valence-corrected chi connectivity index (χ1v) is 30.7. The maximum absolute atomic E-state index is 13.4. The van der Waals surface area contributed by atoms with Crippen molar-refractivity contribution in [1.29, 1.82) is 0 Å². The Kier molecular flexibility index (Phi) is 15.3. The fourth-order valence-electron chi connectivity index (χ4n) is 12.7. The van der Waals surface area contributed by atoms with Crippen LogP contribution in [0.4, 0.5) is 0 Å². The van der Waals surface area contributed by atoms with Gasteiger partial charge in [0.05, 0.1) is 57.8 Å². The van der Waals surface area contributed by atoms with Crippen LogP contribution in [0, 0.1) is 6.92 Å². The highest BCUT2D eigenvalue weighted by molar-refractivity contribution is 9.10. The summed E-state index contributed by atoms with van der Waals surface area (Å²) in [6.45, 7) is 10.3. The van der Waals surface area contributed by atoms with Crippen LogP contribution >= 0.6 is 43.5 Å². The Morgan fingerprint density at radius 2 is 0.977 bits per heavy atom. The van der Waals surface area contributed by atoms with E-state index in [-0.39, 0.29) is 35.8 Å². The van der Waals surface area contributed by atoms with Crippen molar-refractivity contribution in [3.63, 3.8) is 0 Å². The first-order valence-electron chi connectivity index (χ1n) is 28.8. The molecule has 3 aliphatic rings. The van der Waals surface area contributed by atoms with Crippen molar-refractivity contribution in [2.75, 3.05) is 19.6 Å². The van der Waals surface area contributed by atoms with Gasteiger partial charge in [0.15, 0.2) is 17.1 Å². The largest absolute Gasteiger partial charge is 0.330 e. The van der Waals surface area contributed by atoms with Crippen LogP contribution in [0.1, 0.15) is 109 Å². The van der Waals surface area contributed by atoms with Crippen LogP contribution in [-0.2, 0) is 33.4 Å². The summed E-state index contributed by atoms with van der Waals surface area (Å²) in [5.74, 6) is -0.133. The zero-order chi connectivity index (χ0) is 60.4. The van der Waals surface area contributed by atoms with Gasteiger partial charge in [0.2, 0.25) is 0 Å². The Balaban J connectivity index is 0.000000121. The third-order valence-corrected chi connectivity index (χ3v) is 18.2. The topological polar surface area (TPSA) is 177 Å². The van der Waals surface area contributed by atoms with Crippen molar-refractivity contribution in [3.8, 4) is 33.4 Å². The quantitative estimate of drug-likeness (QED) is 0.170. The first-order chi connectivity index (χ1) is 42.0. The zero-order valence-corrected chi connectivity index (χ0v) is 52.5. The monoisotopic (exact) mass is 1300 g/mol. The van der Waals surface area contributed by atoms with Crippen molar-refractivity contribution >= 4 is 77.7 Å². The number of carbonyl (C=O) groups is 3. The van der Waals surface area contributed by atoms with E-state index in [4.69, 9.17) is 11.6 Å². The smallest absolute Gasteiger partial charge is 0.274 e. The lowest BCUT2D eigenvalue weighted by Crippen LogP contribution is -2.39. The number of aromatic amines is 1. The second-order valence-corrected chi connectivity index (χ2v) is 24.6. The number of hydrogen-bond acceptors (Lipinski definition) is 9. The summed E-state index contributed by atoms with van der Waals surface area (Å²) in [6.07, 6.45) is 17.7. The number of hydrogen-bond donors (Lipinski definition) is 1. The molecule has 12 heterocycles. The Bertz CT molecular complexity index is 4450. The number of nitrogens with one attached hydrogen (secondary N) is 1. The van der Waals surface area contributed by atoms with Crippen LogP contribution in [0.5, 0.6) is 0 Å². The maximum Gasteiger partial charge on any atom is 0.274 e. The molecule has 0 aliphatic carbocycles. The number of fused-ring (bicyclic) bond motifs is 6. The van der Waals surface area contributed by atoms with Crippen LogP contribution < -0.4 is 0 Å². The molecule has 3 amide bonds. The van der Waals surface area contributed by atoms with Gasteiger partial charge in [-0.15, -0.1) is 0 Å². The molecule has 21 heteroatoms. The third kappa shape index (κ3) is 10.9. The summed E-state index contributed by atoms with van der Waals surface area (Å²) in [4.78, 5) is 45.6. The Morgan fingerprint density at radius 1 is 0.529 bits per heavy atom. The number of aryl methyl sites for hydroxylation is 3. The molecule has 1 N–H and O–H groups in total. The van der Waals surface area contributed by atoms with E-state index in [2.05, 4.69) is 143 Å². The summed E-state index contributed by atoms with van der Waals surface area (Å²) < 4.78 is 10.6. The molecule has 0 radical (unpaired) electrons. The molecule has 0 saturated heterocycles. The van der Waals surface area contributed by atoms with E-state index in [1.807, 2.05) is 137 Å². The molecule has 18 nitrogen and oxygen atoms in total. The second-order valence-electron chi connectivity index (χ2n) is 22.3. The maximum atomic E-state index is 13.4. The molecule has 3 unspecified atom stereocenters. The summed E-state index contributed by atoms with van der Waals surface area (Å²) in [7, 11) is 3.85. The lowest BCUT2D eigenvalue weighted by atomic mass is 9.86. The van der Waals surface area contributed by atoms with Crippen molar-refractivity contribution in [1.82, 2.24) is 73.3 Å². The molecule has 12 aromatic rings. The van der Waals surface area contributed by atoms with Gasteiger partial charge in [-0.25, -0.2) is 13.5 Å². The van der Waals surface area contributed by atoms with Gasteiger partial charge < -0.3 is 14.7 Å². The summed E-state index contributed by atoms with van der Waals surface area (Å²) in [5, 5.41) is 29.9. The molecule has 3 atom stereocenters. The Morgan fingerprint density at radius 3 is 1.45 bits per heavy atom. The first kappa shape index (κ1) is 57.1. The number of amides is 3. The molecule has 0 bridgehead atoms. The summed E-state index contributed by atoms with van der Waals surface area (Å²) >= 11 is 12.9. The Hall–Kier alpha value is -8.98. The molecule has 87 heavy (non-hydrogen) atoms. The van der Waals surface area contributed by atoms with E-state index in [0.29, 0.717) is 41.7 Å². The highest BCUT2D eigenvalue weighted by Gasteiger charge is 2.35. The highest BCUT2D eigenvalue weighted by atomic mass is 79.9. The molecule has 3 aliphatic heterocycles. The van der Waals surface area contributed by atoms with Crippen molar-refractivity contribution < 1.29 is 14.4 Å². The van der Waals surface area contributed by atoms with Crippen molar-refractivity contribution in [2.45, 2.75) is 65.1 Å². The van der Waals surface area contributed by atoms with Gasteiger partial charge in [0, 0.05) is 96.5 Å². The van der Waals surface area contributed by atoms with Crippen LogP contribution in [0.3, 0.4) is 0 Å². The van der Waals surface area contributed by atoms with Gasteiger partial charge in [-0.3, -0.25) is 28.8 Å². The summed E-state index contributed by atoms with van der Waals surface area (Å²) in [6, 6.07) is 35.9. The molecule has 9 aromatic heterocycles. The van der Waals surface area contributed by atoms with Crippen LogP contribution in [-0.4, -0.2) is 111 Å². The van der Waals surface area contributed by atoms with Crippen LogP contribution in [0.15, 0.2) is 168 Å². The second kappa shape index (κ2) is 23.4. The lowest BCUT2D eigenvalue weighted by molar-refractivity contribution is 0.0663. The van der Waals surface area contributed by atoms with Crippen molar-refractivity contribution in [3.05, 3.63) is 229 Å². The minimum atomic E-state index is -0.0604. The number of nitrogens with zero attached hydrogens (tertiary/aromatic N) is 14. The minimum Gasteiger partial charge on any atom is -0.330 e. The highest BCUT2D eigenvalue weighted by Crippen LogP contribution is 2.41. The van der Waals surface area contributed by atoms with E-state index in [9.17, 15) is 14.4 Å². The fraction of sp³-hybridized carbons (Fsp3) is 0.227. The standard InChI is InChI=1S/2C22H20BrN5O.C22H20ClN5O/c1-14-18-4-3-5-19(15-11-24-26(2)12-15)20(18)8-9-27(14)22(29)21-10-17-7-6-16(23)13-28(17)25-21;1-13-19(11-24-25-13)18-5-3-4-15-8-9-27(14(2)21(15)18)22(29)20-10-17-7-6-16(23)12-28(17)26-20;1-14-18-4-3-5-19(15-11-24-26(2)12-15)20(18)8-9-27(14)22(29)21-10-17-7-6-16(23)13-28(17)25-21/h3-7,10-14H,8-9H2,1-2H3;3-7,10-12,14H,8-9H2,1-2H3,(H,24,25);3-7,10-14H,8-9H2,1-2H3. The molecule has 0 spiro atoms. The summed E-state index contributed by atoms with van der Waals surface area (Å²) in [5.41, 5.74) is 19.3. The van der Waals surface area contributed by atoms with E-state index >= 15 is 0 Å². The molecule has 438 valence electrons. The molecule has 0 fully saturated rings. The zero-order valence-electron chi connectivity index (χ0n) is 48.6. The number of H-pyrrole nitrogens is 1. The Labute approximate surface area is 523 Å². The van der Waals surface area contributed by atoms with Crippen LogP contribution in [0.25, 0.3) is 49.9 Å². The fourth-order valence-corrected chi connectivity index (χ4v) is 13.5. The molecule has 15 rings (SSSR count). The number of aromatic nitrogens is 12. The van der Waals surface area contributed by atoms with Gasteiger partial charge in [-0.1, -0.05) is 66.2 Å². The lowest BCUT2D eigenvalue weighted by Gasteiger charge is -2.36. The number of rotatable bonds is 6. The van der Waals surface area contributed by atoms with E-state index in [1.165, 1.54) is 44.5 Å². The van der Waals surface area contributed by atoms with Gasteiger partial charge in [-0.2, -0.15) is 30.6 Å². The van der Waals surface area contributed by atoms with Gasteiger partial charge in [0.1, 0.15) is 0 Å². The predicted octanol–water partition coefficient (Wildman–Crippen LogP) is 13.0. The van der Waals surface area contributed by atoms with E-state index in [1.54, 1.807) is 25.8 Å². The SMILES string of the molecule is CC1c2cccc(-c3cnn(C)c3)c2CCN1C(=O)c1cc2ccc(Br)cn2n1.CC1c2cccc(-c3cnn(C)c3)c2CCN1C(=O)c1cc2ccc(Cl)cn2n1.Cc1n[nH]cc1-c1cccc2c1C(C)N(C(=O)c1cc3ccc(Br)cn3n1)CC2. The van der Waals surface area contributed by atoms with E-state index in [0.717, 1.165) is 72.7 Å². The van der Waals surface area contributed by atoms with Gasteiger partial charge >= 0.3 is 0 Å². The minimum absolute atomic E-state index is 0.0144. The molecule has 3 aromatic carbocycles. The van der Waals surface area contributed by atoms with Crippen LogP contribution in [0.2, 0.25) is 5.02 Å². The third-order valence-electron chi connectivity index (χ3n) is 17.0. The average Bonchev–Trinajstić information content (AvgIpc) is 2.31. The normalized spacial score (nSPS) is 16.2. The molecule has 0 saturated carbocycles. The van der Waals surface area contributed by atoms with Gasteiger partial charge in [0.25, 0.3) is 17.7 Å².